The summed E-state index contributed by atoms with van der Waals surface area (Å²) in [5, 5.41) is 9.59. The number of pyridine rings is 1. The quantitative estimate of drug-likeness (QED) is 0.357. The van der Waals surface area contributed by atoms with Crippen molar-refractivity contribution in [3.8, 4) is 17.6 Å². The van der Waals surface area contributed by atoms with Crippen LogP contribution >= 0.6 is 0 Å². The number of nitrogens with zero attached hydrogens (tertiary/aromatic N) is 6. The number of benzene rings is 2. The first-order chi connectivity index (χ1) is 22.6. The summed E-state index contributed by atoms with van der Waals surface area (Å²) in [6, 6.07) is 13.9. The number of aromatic nitrogens is 1. The van der Waals surface area contributed by atoms with Crippen LogP contribution in [0.15, 0.2) is 59.8 Å². The summed E-state index contributed by atoms with van der Waals surface area (Å²) in [5.74, 6) is -0.811. The molecule has 1 atom stereocenters. The van der Waals surface area contributed by atoms with Gasteiger partial charge in [0.2, 0.25) is 0 Å². The molecule has 0 bridgehead atoms. The fourth-order valence-electron chi connectivity index (χ4n) is 7.86. The predicted octanol–water partition coefficient (Wildman–Crippen LogP) is 3.19. The van der Waals surface area contributed by atoms with Crippen LogP contribution in [0.2, 0.25) is 0 Å². The Morgan fingerprint density at radius 3 is 2.43 bits per heavy atom. The molecule has 246 valence electrons. The lowest BCUT2D eigenvalue weighted by Gasteiger charge is -2.65. The van der Waals surface area contributed by atoms with Gasteiger partial charge >= 0.3 is 0 Å². The van der Waals surface area contributed by atoms with Crippen LogP contribution in [0.5, 0.6) is 11.5 Å². The Morgan fingerprint density at radius 1 is 1.04 bits per heavy atom. The maximum absolute atomic E-state index is 15.2. The van der Waals surface area contributed by atoms with Crippen molar-refractivity contribution in [2.75, 3.05) is 64.3 Å². The Bertz CT molecular complexity index is 1860. The van der Waals surface area contributed by atoms with E-state index in [9.17, 15) is 18.1 Å². The van der Waals surface area contributed by atoms with Gasteiger partial charge in [-0.1, -0.05) is 0 Å². The number of ether oxygens (including phenoxy) is 2. The number of anilines is 1. The molecule has 0 saturated carbocycles. The second-order valence-corrected chi connectivity index (χ2v) is 14.8. The summed E-state index contributed by atoms with van der Waals surface area (Å²) in [5.41, 5.74) is -0.759. The van der Waals surface area contributed by atoms with Crippen molar-refractivity contribution in [3.63, 3.8) is 0 Å². The fraction of sp³-hybridized carbons (Fsp3) is 0.441. The van der Waals surface area contributed by atoms with Crippen LogP contribution in [0.1, 0.15) is 36.5 Å². The summed E-state index contributed by atoms with van der Waals surface area (Å²) in [6.07, 6.45) is 3.50. The van der Waals surface area contributed by atoms with Gasteiger partial charge in [-0.25, -0.2) is 9.37 Å². The summed E-state index contributed by atoms with van der Waals surface area (Å²) >= 11 is 0. The van der Waals surface area contributed by atoms with E-state index in [2.05, 4.69) is 27.9 Å². The number of hydrogen-bond donors (Lipinski definition) is 0. The van der Waals surface area contributed by atoms with E-state index in [0.717, 1.165) is 43.3 Å². The number of halogens is 1. The molecular formula is C34H37FN6O5S. The molecule has 1 spiro atoms. The molecule has 4 aliphatic rings. The minimum absolute atomic E-state index is 0.0702. The monoisotopic (exact) mass is 660 g/mol. The molecule has 11 nitrogen and oxygen atoms in total. The molecule has 1 aromatic heterocycles. The largest absolute Gasteiger partial charge is 0.495 e. The molecule has 3 saturated heterocycles. The second-order valence-electron chi connectivity index (χ2n) is 13.0. The number of piperidine rings is 1. The zero-order valence-electron chi connectivity index (χ0n) is 26.6. The number of amides is 1. The lowest BCUT2D eigenvalue weighted by atomic mass is 9.67. The van der Waals surface area contributed by atoms with Gasteiger partial charge in [-0.2, -0.15) is 18.0 Å². The van der Waals surface area contributed by atoms with Gasteiger partial charge in [0.25, 0.3) is 15.9 Å². The normalized spacial score (nSPS) is 23.2. The molecular weight excluding hydrogens is 623 g/mol. The van der Waals surface area contributed by atoms with Gasteiger partial charge in [-0.15, -0.1) is 0 Å². The second kappa shape index (κ2) is 11.6. The van der Waals surface area contributed by atoms with E-state index in [1.54, 1.807) is 13.0 Å². The lowest BCUT2D eigenvalue weighted by molar-refractivity contribution is -0.169. The Kier molecular flexibility index (Phi) is 7.75. The maximum atomic E-state index is 15.2. The maximum Gasteiger partial charge on any atom is 0.288 e. The molecule has 1 unspecified atom stereocenters. The molecule has 47 heavy (non-hydrogen) atoms. The van der Waals surface area contributed by atoms with Gasteiger partial charge in [0, 0.05) is 54.8 Å². The van der Waals surface area contributed by atoms with Crippen molar-refractivity contribution in [1.29, 1.82) is 5.26 Å². The topological polar surface area (TPSA) is 119 Å². The number of likely N-dealkylation sites (tertiary alicyclic amines) is 3. The Balaban J connectivity index is 1.34. The number of fused-ring (bicyclic) bond motifs is 1. The van der Waals surface area contributed by atoms with Crippen LogP contribution in [0.4, 0.5) is 10.1 Å². The van der Waals surface area contributed by atoms with E-state index < -0.39 is 27.3 Å². The molecule has 0 radical (unpaired) electrons. The molecule has 3 aromatic rings. The third-order valence-electron chi connectivity index (χ3n) is 10.1. The molecule has 13 heteroatoms. The smallest absolute Gasteiger partial charge is 0.288 e. The van der Waals surface area contributed by atoms with E-state index in [4.69, 9.17) is 9.47 Å². The minimum atomic E-state index is -4.54. The van der Waals surface area contributed by atoms with E-state index in [0.29, 0.717) is 36.0 Å². The van der Waals surface area contributed by atoms with E-state index in [-0.39, 0.29) is 34.0 Å². The van der Waals surface area contributed by atoms with Gasteiger partial charge in [-0.3, -0.25) is 14.6 Å². The fourth-order valence-corrected chi connectivity index (χ4v) is 9.24. The molecule has 5 heterocycles. The number of nitriles is 1. The van der Waals surface area contributed by atoms with Crippen LogP contribution in [0, 0.1) is 22.6 Å². The highest BCUT2D eigenvalue weighted by Crippen LogP contribution is 2.57. The predicted molar refractivity (Wildman–Crippen MR) is 171 cm³/mol. The summed E-state index contributed by atoms with van der Waals surface area (Å²) in [4.78, 5) is 26.1. The molecule has 3 fully saturated rings. The van der Waals surface area contributed by atoms with Crippen molar-refractivity contribution in [2.45, 2.75) is 36.4 Å². The first-order valence-electron chi connectivity index (χ1n) is 15.8. The van der Waals surface area contributed by atoms with Crippen molar-refractivity contribution in [3.05, 3.63) is 77.2 Å². The molecule has 0 N–H and O–H groups in total. The molecule has 4 aliphatic heterocycles. The summed E-state index contributed by atoms with van der Waals surface area (Å²) in [6.45, 7) is 6.86. The summed E-state index contributed by atoms with van der Waals surface area (Å²) < 4.78 is 55.3. The zero-order valence-corrected chi connectivity index (χ0v) is 27.5. The Morgan fingerprint density at radius 2 is 1.79 bits per heavy atom. The minimum Gasteiger partial charge on any atom is -0.495 e. The zero-order chi connectivity index (χ0) is 33.1. The SMILES string of the molecule is CCOc1cc(F)ccc1C1(N2CC3(CN(C4CCN(C)CC4)C3)C2)C(=O)N(S(=O)(=O)c2ccc(OC)cn2)c2ccc(C#N)cc21. The Hall–Kier alpha value is -4.09. The van der Waals surface area contributed by atoms with E-state index in [1.165, 1.54) is 55.8 Å². The molecule has 0 aliphatic carbocycles. The summed E-state index contributed by atoms with van der Waals surface area (Å²) in [7, 11) is -0.955. The van der Waals surface area contributed by atoms with E-state index >= 15 is 4.79 Å². The number of hydrogen-bond acceptors (Lipinski definition) is 10. The number of sulfonamides is 1. The van der Waals surface area contributed by atoms with Gasteiger partial charge in [-0.05, 0) is 82.4 Å². The van der Waals surface area contributed by atoms with E-state index in [1.807, 2.05) is 4.90 Å². The van der Waals surface area contributed by atoms with Crippen LogP contribution < -0.4 is 13.8 Å². The van der Waals surface area contributed by atoms with Crippen molar-refractivity contribution >= 4 is 21.6 Å². The number of carbonyl (C=O) groups is 1. The number of methoxy groups -OCH3 is 1. The first-order valence-corrected chi connectivity index (χ1v) is 17.3. The molecule has 7 rings (SSSR count). The average Bonchev–Trinajstić information content (AvgIpc) is 3.29. The highest BCUT2D eigenvalue weighted by atomic mass is 32.2. The van der Waals surface area contributed by atoms with Crippen molar-refractivity contribution in [2.24, 2.45) is 5.41 Å². The number of rotatable bonds is 8. The highest BCUT2D eigenvalue weighted by molar-refractivity contribution is 7.93. The number of carbonyl (C=O) groups excluding carboxylic acids is 1. The van der Waals surface area contributed by atoms with Crippen LogP contribution in [0.25, 0.3) is 0 Å². The molecule has 2 aromatic carbocycles. The lowest BCUT2D eigenvalue weighted by Crippen LogP contribution is -2.77. The standard InChI is InChI=1S/C34H37FN6O5S/c1-4-46-30-16-24(35)6-8-27(30)34(40-21-33(22-40)19-39(20-33)25-11-13-38(2)14-12-25)28-15-23(17-36)5-9-29(28)41(32(34)42)47(43,44)31-10-7-26(45-3)18-37-31/h5-10,15-16,18,25H,4,11-14,19-22H2,1-3H3. The van der Waals surface area contributed by atoms with Crippen LogP contribution in [0.3, 0.4) is 0 Å². The third kappa shape index (κ3) is 4.88. The third-order valence-corrected chi connectivity index (χ3v) is 11.7. The van der Waals surface area contributed by atoms with Gasteiger partial charge in [0.1, 0.15) is 17.3 Å². The van der Waals surface area contributed by atoms with Gasteiger partial charge in [0.15, 0.2) is 10.6 Å². The van der Waals surface area contributed by atoms with Gasteiger partial charge in [0.05, 0.1) is 37.2 Å². The Labute approximate surface area is 274 Å². The van der Waals surface area contributed by atoms with Crippen LogP contribution in [-0.2, 0) is 20.4 Å². The highest BCUT2D eigenvalue weighted by Gasteiger charge is 2.66. The van der Waals surface area contributed by atoms with Crippen molar-refractivity contribution in [1.82, 2.24) is 19.7 Å². The van der Waals surface area contributed by atoms with Gasteiger partial charge < -0.3 is 14.4 Å². The average molecular weight is 661 g/mol. The van der Waals surface area contributed by atoms with Crippen molar-refractivity contribution < 1.29 is 27.1 Å². The van der Waals surface area contributed by atoms with Crippen LogP contribution in [-0.4, -0.2) is 100 Å². The molecule has 1 amide bonds. The first kappa shape index (κ1) is 31.5.